The van der Waals surface area contributed by atoms with Crippen molar-refractivity contribution in [2.24, 2.45) is 5.16 Å². The standard InChI is InChI=1S/C21H24N4O12/c1-10(26)22-17-19(35-13(4)29)18(34-12(3)28)16(9-33-11(2)27)36-20(17)24-37-21(30)23-14-5-7-15(8-6-14)25(31)32/h5-8,16-19H,9H2,1-4H3,(H,22,26)(H,23,30)/t16-,17-,18-,19-/m1/s1. The molecule has 37 heavy (non-hydrogen) atoms. The summed E-state index contributed by atoms with van der Waals surface area (Å²) in [6.45, 7) is 3.92. The Morgan fingerprint density at radius 1 is 0.973 bits per heavy atom. The van der Waals surface area contributed by atoms with Crippen molar-refractivity contribution >= 4 is 47.2 Å². The number of nitro benzene ring substituents is 1. The number of anilines is 1. The number of benzene rings is 1. The minimum absolute atomic E-state index is 0.138. The van der Waals surface area contributed by atoms with E-state index in [0.29, 0.717) is 0 Å². The molecule has 1 aromatic carbocycles. The van der Waals surface area contributed by atoms with Crippen LogP contribution in [-0.2, 0) is 43.0 Å². The average molecular weight is 524 g/mol. The van der Waals surface area contributed by atoms with E-state index in [4.69, 9.17) is 23.8 Å². The Morgan fingerprint density at radius 2 is 1.57 bits per heavy atom. The molecule has 0 spiro atoms. The van der Waals surface area contributed by atoms with Crippen LogP contribution in [0, 0.1) is 10.1 Å². The Labute approximate surface area is 209 Å². The van der Waals surface area contributed by atoms with E-state index in [-0.39, 0.29) is 11.4 Å². The third kappa shape index (κ3) is 8.75. The summed E-state index contributed by atoms with van der Waals surface area (Å²) >= 11 is 0. The molecule has 2 N–H and O–H groups in total. The smallest absolute Gasteiger partial charge is 0.437 e. The third-order valence-electron chi connectivity index (χ3n) is 4.51. The van der Waals surface area contributed by atoms with E-state index >= 15 is 0 Å². The van der Waals surface area contributed by atoms with E-state index in [0.717, 1.165) is 39.8 Å². The van der Waals surface area contributed by atoms with E-state index in [1.165, 1.54) is 12.1 Å². The van der Waals surface area contributed by atoms with Crippen LogP contribution < -0.4 is 10.6 Å². The van der Waals surface area contributed by atoms with E-state index < -0.39 is 71.7 Å². The first kappa shape index (κ1) is 28.5. The number of rotatable bonds is 8. The van der Waals surface area contributed by atoms with Crippen molar-refractivity contribution in [1.82, 2.24) is 5.32 Å². The van der Waals surface area contributed by atoms with Crippen LogP contribution in [0.15, 0.2) is 29.4 Å². The summed E-state index contributed by atoms with van der Waals surface area (Å²) < 4.78 is 21.1. The monoisotopic (exact) mass is 524 g/mol. The molecule has 4 atom stereocenters. The minimum atomic E-state index is -1.42. The fourth-order valence-electron chi connectivity index (χ4n) is 3.16. The molecule has 1 heterocycles. The molecule has 16 heteroatoms. The van der Waals surface area contributed by atoms with E-state index in [1.807, 2.05) is 0 Å². The van der Waals surface area contributed by atoms with E-state index in [1.54, 1.807) is 0 Å². The molecule has 0 bridgehead atoms. The second-order valence-electron chi connectivity index (χ2n) is 7.52. The average Bonchev–Trinajstić information content (AvgIpc) is 2.79. The van der Waals surface area contributed by atoms with Gasteiger partial charge in [0, 0.05) is 45.5 Å². The number of oxime groups is 1. The Balaban J connectivity index is 2.34. The molecule has 0 radical (unpaired) electrons. The molecular formula is C21H24N4O12. The van der Waals surface area contributed by atoms with Gasteiger partial charge < -0.3 is 24.3 Å². The number of nitro groups is 1. The van der Waals surface area contributed by atoms with Gasteiger partial charge in [-0.25, -0.2) is 4.79 Å². The Bertz CT molecular complexity index is 1090. The fraction of sp³-hybridized carbons (Fsp3) is 0.429. The van der Waals surface area contributed by atoms with Crippen LogP contribution in [0.3, 0.4) is 0 Å². The van der Waals surface area contributed by atoms with Crippen LogP contribution in [-0.4, -0.2) is 71.7 Å². The maximum atomic E-state index is 12.2. The summed E-state index contributed by atoms with van der Waals surface area (Å²) in [5, 5.41) is 19.0. The van der Waals surface area contributed by atoms with Crippen LogP contribution in [0.25, 0.3) is 0 Å². The van der Waals surface area contributed by atoms with Crippen LogP contribution in [0.4, 0.5) is 16.2 Å². The van der Waals surface area contributed by atoms with Crippen molar-refractivity contribution in [3.05, 3.63) is 34.4 Å². The molecule has 2 rings (SSSR count). The molecule has 1 aliphatic heterocycles. The highest BCUT2D eigenvalue weighted by atomic mass is 16.7. The van der Waals surface area contributed by atoms with E-state index in [2.05, 4.69) is 15.8 Å². The highest BCUT2D eigenvalue weighted by Gasteiger charge is 2.50. The number of non-ortho nitro benzene ring substituents is 1. The summed E-state index contributed by atoms with van der Waals surface area (Å²) in [6.07, 6.45) is -5.19. The zero-order chi connectivity index (χ0) is 27.7. The van der Waals surface area contributed by atoms with Gasteiger partial charge in [-0.2, -0.15) is 0 Å². The van der Waals surface area contributed by atoms with Gasteiger partial charge in [-0.05, 0) is 17.3 Å². The van der Waals surface area contributed by atoms with Gasteiger partial charge in [0.25, 0.3) is 11.6 Å². The molecule has 0 unspecified atom stereocenters. The van der Waals surface area contributed by atoms with E-state index in [9.17, 15) is 34.1 Å². The van der Waals surface area contributed by atoms with Gasteiger partial charge in [-0.15, -0.1) is 0 Å². The number of nitrogens with zero attached hydrogens (tertiary/aromatic N) is 2. The Kier molecular flexibility index (Phi) is 9.85. The quantitative estimate of drug-likeness (QED) is 0.159. The van der Waals surface area contributed by atoms with Gasteiger partial charge in [0.15, 0.2) is 18.3 Å². The lowest BCUT2D eigenvalue weighted by Gasteiger charge is -2.41. The Morgan fingerprint density at radius 3 is 2.08 bits per heavy atom. The maximum absolute atomic E-state index is 12.2. The lowest BCUT2D eigenvalue weighted by atomic mass is 9.96. The van der Waals surface area contributed by atoms with Gasteiger partial charge in [0.2, 0.25) is 5.91 Å². The molecule has 16 nitrogen and oxygen atoms in total. The predicted molar refractivity (Wildman–Crippen MR) is 121 cm³/mol. The number of ether oxygens (including phenoxy) is 4. The molecule has 1 saturated heterocycles. The van der Waals surface area contributed by atoms with Crippen molar-refractivity contribution < 1.29 is 52.7 Å². The number of nitrogens with one attached hydrogen (secondary N) is 2. The largest absolute Gasteiger partial charge is 0.466 e. The van der Waals surface area contributed by atoms with Gasteiger partial charge in [-0.3, -0.25) is 39.4 Å². The molecular weight excluding hydrogens is 500 g/mol. The highest BCUT2D eigenvalue weighted by molar-refractivity contribution is 5.90. The normalized spacial score (nSPS) is 21.6. The number of carbonyl (C=O) groups is 5. The zero-order valence-electron chi connectivity index (χ0n) is 20.1. The van der Waals surface area contributed by atoms with Crippen molar-refractivity contribution in [3.8, 4) is 0 Å². The van der Waals surface area contributed by atoms with Crippen LogP contribution in [0.1, 0.15) is 27.7 Å². The second-order valence-corrected chi connectivity index (χ2v) is 7.52. The van der Waals surface area contributed by atoms with Crippen molar-refractivity contribution in [2.45, 2.75) is 52.0 Å². The lowest BCUT2D eigenvalue weighted by molar-refractivity contribution is -0.384. The first-order chi connectivity index (χ1) is 17.4. The highest BCUT2D eigenvalue weighted by Crippen LogP contribution is 2.25. The minimum Gasteiger partial charge on any atom is -0.466 e. The van der Waals surface area contributed by atoms with Crippen molar-refractivity contribution in [2.75, 3.05) is 11.9 Å². The van der Waals surface area contributed by atoms with Crippen molar-refractivity contribution in [1.29, 1.82) is 0 Å². The number of amides is 2. The van der Waals surface area contributed by atoms with Crippen LogP contribution >= 0.6 is 0 Å². The number of hydrogen-bond donors (Lipinski definition) is 2. The summed E-state index contributed by atoms with van der Waals surface area (Å²) in [7, 11) is 0. The molecule has 0 saturated carbocycles. The number of carbonyl (C=O) groups excluding carboxylic acids is 5. The SMILES string of the molecule is CC(=O)N[C@H]1C(=NOC(=O)Nc2ccc([N+](=O)[O-])cc2)O[C@H](COC(C)=O)[C@@H](OC(C)=O)[C@@H]1OC(C)=O. The Hall–Kier alpha value is -4.76. The summed E-state index contributed by atoms with van der Waals surface area (Å²) in [6, 6.07) is 3.42. The molecule has 1 aromatic rings. The van der Waals surface area contributed by atoms with Crippen molar-refractivity contribution in [3.63, 3.8) is 0 Å². The fourth-order valence-corrected chi connectivity index (χ4v) is 3.16. The van der Waals surface area contributed by atoms with Crippen LogP contribution in [0.5, 0.6) is 0 Å². The maximum Gasteiger partial charge on any atom is 0.437 e. The molecule has 200 valence electrons. The van der Waals surface area contributed by atoms with Crippen LogP contribution in [0.2, 0.25) is 0 Å². The third-order valence-corrected chi connectivity index (χ3v) is 4.51. The number of hydrogen-bond acceptors (Lipinski definition) is 13. The predicted octanol–water partition coefficient (Wildman–Crippen LogP) is 0.787. The first-order valence-electron chi connectivity index (χ1n) is 10.6. The van der Waals surface area contributed by atoms with Gasteiger partial charge in [0.1, 0.15) is 12.6 Å². The summed E-state index contributed by atoms with van der Waals surface area (Å²) in [5.41, 5.74) is -0.0650. The zero-order valence-corrected chi connectivity index (χ0v) is 20.1. The summed E-state index contributed by atoms with van der Waals surface area (Å²) in [5.74, 6) is -3.41. The summed E-state index contributed by atoms with van der Waals surface area (Å²) in [4.78, 5) is 73.9. The second kappa shape index (κ2) is 12.8. The van der Waals surface area contributed by atoms with Gasteiger partial charge >= 0.3 is 24.0 Å². The first-order valence-corrected chi connectivity index (χ1v) is 10.6. The molecule has 2 amide bonds. The molecule has 1 aliphatic rings. The molecule has 0 aromatic heterocycles. The lowest BCUT2D eigenvalue weighted by Crippen LogP contribution is -2.64. The molecule has 1 fully saturated rings. The number of esters is 3. The topological polar surface area (TPSA) is 211 Å². The van der Waals surface area contributed by atoms with Gasteiger partial charge in [0.05, 0.1) is 4.92 Å². The molecule has 0 aliphatic carbocycles. The van der Waals surface area contributed by atoms with Gasteiger partial charge in [-0.1, -0.05) is 0 Å².